The molecule has 29 heavy (non-hydrogen) atoms. The molecule has 2 fully saturated rings. The summed E-state index contributed by atoms with van der Waals surface area (Å²) in [6, 6.07) is 6.40. The van der Waals surface area contributed by atoms with Gasteiger partial charge in [-0.1, -0.05) is 12.1 Å². The Labute approximate surface area is 189 Å². The van der Waals surface area contributed by atoms with E-state index in [9.17, 15) is 12.8 Å². The summed E-state index contributed by atoms with van der Waals surface area (Å²) >= 11 is 0. The number of nitrogens with zero attached hydrogens (tertiary/aromatic N) is 3. The third-order valence-corrected chi connectivity index (χ3v) is 6.55. The van der Waals surface area contributed by atoms with Gasteiger partial charge in [0.15, 0.2) is 5.96 Å². The third-order valence-electron chi connectivity index (χ3n) is 5.28. The highest BCUT2D eigenvalue weighted by atomic mass is 127. The zero-order valence-corrected chi connectivity index (χ0v) is 20.2. The van der Waals surface area contributed by atoms with Crippen LogP contribution >= 0.6 is 24.0 Å². The number of sulfonamides is 1. The van der Waals surface area contributed by atoms with E-state index in [1.54, 1.807) is 19.2 Å². The fraction of sp³-hybridized carbons (Fsp3) is 0.632. The second-order valence-electron chi connectivity index (χ2n) is 7.60. The van der Waals surface area contributed by atoms with Crippen molar-refractivity contribution in [3.63, 3.8) is 0 Å². The van der Waals surface area contributed by atoms with Gasteiger partial charge in [-0.2, -0.15) is 0 Å². The van der Waals surface area contributed by atoms with Crippen LogP contribution in [-0.4, -0.2) is 75.7 Å². The molecule has 10 heteroatoms. The zero-order chi connectivity index (χ0) is 20.3. The second kappa shape index (κ2) is 10.4. The largest absolute Gasteiger partial charge is 0.367 e. The van der Waals surface area contributed by atoms with Gasteiger partial charge in [-0.3, -0.25) is 4.99 Å². The van der Waals surface area contributed by atoms with Gasteiger partial charge in [0.1, 0.15) is 11.9 Å². The standard InChI is InChI=1S/C19H29FN4O3S.HI/c1-14-11-23(13-18(27-14)16-4-6-17(20)7-5-16)19(21-2)22-10-15-8-9-24(12-15)28(3,25)26;/h4-7,14-15,18H,8-13H2,1-3H3,(H,21,22);1H. The molecule has 0 aliphatic carbocycles. The van der Waals surface area contributed by atoms with Crippen molar-refractivity contribution in [1.82, 2.24) is 14.5 Å². The highest BCUT2D eigenvalue weighted by Crippen LogP contribution is 2.25. The number of nitrogens with one attached hydrogen (secondary N) is 1. The van der Waals surface area contributed by atoms with Crippen LogP contribution < -0.4 is 5.32 Å². The molecule has 0 saturated carbocycles. The van der Waals surface area contributed by atoms with Crippen LogP contribution in [0.1, 0.15) is 25.0 Å². The summed E-state index contributed by atoms with van der Waals surface area (Å²) in [6.45, 7) is 5.13. The Morgan fingerprint density at radius 1 is 1.28 bits per heavy atom. The van der Waals surface area contributed by atoms with Crippen molar-refractivity contribution in [3.05, 3.63) is 35.6 Å². The number of morpholine rings is 1. The highest BCUT2D eigenvalue weighted by molar-refractivity contribution is 14.0. The number of aliphatic imine (C=N–C) groups is 1. The highest BCUT2D eigenvalue weighted by Gasteiger charge is 2.31. The number of ether oxygens (including phenoxy) is 1. The van der Waals surface area contributed by atoms with Crippen LogP contribution in [-0.2, 0) is 14.8 Å². The number of hydrogen-bond acceptors (Lipinski definition) is 4. The molecule has 164 valence electrons. The molecule has 7 nitrogen and oxygen atoms in total. The first-order valence-electron chi connectivity index (χ1n) is 9.58. The lowest BCUT2D eigenvalue weighted by atomic mass is 10.1. The lowest BCUT2D eigenvalue weighted by Gasteiger charge is -2.39. The molecule has 1 aromatic rings. The summed E-state index contributed by atoms with van der Waals surface area (Å²) in [5.74, 6) is 0.777. The van der Waals surface area contributed by atoms with E-state index in [2.05, 4.69) is 15.2 Å². The molecular weight excluding hydrogens is 510 g/mol. The van der Waals surface area contributed by atoms with E-state index in [0.717, 1.165) is 17.9 Å². The molecule has 1 aromatic carbocycles. The van der Waals surface area contributed by atoms with Gasteiger partial charge in [0.25, 0.3) is 0 Å². The molecule has 2 aliphatic heterocycles. The summed E-state index contributed by atoms with van der Waals surface area (Å²) in [4.78, 5) is 6.55. The Balaban J connectivity index is 0.00000300. The lowest BCUT2D eigenvalue weighted by molar-refractivity contribution is -0.0605. The Morgan fingerprint density at radius 3 is 2.55 bits per heavy atom. The first-order chi connectivity index (χ1) is 13.3. The van der Waals surface area contributed by atoms with Crippen LogP contribution in [0.3, 0.4) is 0 Å². The predicted octanol–water partition coefficient (Wildman–Crippen LogP) is 2.06. The van der Waals surface area contributed by atoms with Crippen molar-refractivity contribution < 1.29 is 17.5 Å². The predicted molar refractivity (Wildman–Crippen MR) is 123 cm³/mol. The van der Waals surface area contributed by atoms with Gasteiger partial charge < -0.3 is 15.0 Å². The van der Waals surface area contributed by atoms with Gasteiger partial charge in [-0.05, 0) is 37.0 Å². The van der Waals surface area contributed by atoms with Crippen molar-refractivity contribution in [2.75, 3.05) is 46.0 Å². The minimum atomic E-state index is -3.13. The summed E-state index contributed by atoms with van der Waals surface area (Å²) in [6.07, 6.45) is 1.95. The number of benzene rings is 1. The molecule has 1 N–H and O–H groups in total. The normalized spacial score (nSPS) is 26.3. The first-order valence-corrected chi connectivity index (χ1v) is 11.4. The van der Waals surface area contributed by atoms with Crippen molar-refractivity contribution in [2.45, 2.75) is 25.6 Å². The smallest absolute Gasteiger partial charge is 0.211 e. The van der Waals surface area contributed by atoms with E-state index >= 15 is 0 Å². The summed E-state index contributed by atoms with van der Waals surface area (Å²) in [7, 11) is -1.38. The van der Waals surface area contributed by atoms with E-state index in [0.29, 0.717) is 32.7 Å². The van der Waals surface area contributed by atoms with Gasteiger partial charge in [-0.25, -0.2) is 17.1 Å². The van der Waals surface area contributed by atoms with Crippen molar-refractivity contribution in [2.24, 2.45) is 10.9 Å². The van der Waals surface area contributed by atoms with Crippen LogP contribution in [0, 0.1) is 11.7 Å². The van der Waals surface area contributed by atoms with Crippen LogP contribution in [0.25, 0.3) is 0 Å². The van der Waals surface area contributed by atoms with E-state index < -0.39 is 10.0 Å². The minimum Gasteiger partial charge on any atom is -0.367 e. The Morgan fingerprint density at radius 2 is 1.97 bits per heavy atom. The fourth-order valence-electron chi connectivity index (χ4n) is 3.82. The molecule has 3 unspecified atom stereocenters. The monoisotopic (exact) mass is 540 g/mol. The van der Waals surface area contributed by atoms with Gasteiger partial charge >= 0.3 is 0 Å². The molecule has 2 saturated heterocycles. The second-order valence-corrected chi connectivity index (χ2v) is 9.58. The molecule has 3 rings (SSSR count). The molecule has 0 bridgehead atoms. The molecule has 3 atom stereocenters. The fourth-order valence-corrected chi connectivity index (χ4v) is 4.74. The van der Waals surface area contributed by atoms with E-state index in [1.807, 2.05) is 6.92 Å². The maximum Gasteiger partial charge on any atom is 0.211 e. The van der Waals surface area contributed by atoms with Gasteiger partial charge in [0.2, 0.25) is 10.0 Å². The summed E-state index contributed by atoms with van der Waals surface area (Å²) in [5.41, 5.74) is 0.938. The summed E-state index contributed by atoms with van der Waals surface area (Å²) in [5, 5.41) is 3.39. The van der Waals surface area contributed by atoms with Gasteiger partial charge in [0.05, 0.1) is 18.9 Å². The average molecular weight is 540 g/mol. The molecule has 0 spiro atoms. The van der Waals surface area contributed by atoms with Crippen LogP contribution in [0.15, 0.2) is 29.3 Å². The number of halogens is 2. The van der Waals surface area contributed by atoms with Gasteiger partial charge in [-0.15, -0.1) is 24.0 Å². The Kier molecular flexibility index (Phi) is 8.68. The van der Waals surface area contributed by atoms with E-state index in [-0.39, 0.29) is 47.9 Å². The minimum absolute atomic E-state index is 0. The third kappa shape index (κ3) is 6.50. The first kappa shape index (κ1) is 24.3. The number of rotatable bonds is 4. The van der Waals surface area contributed by atoms with E-state index in [1.165, 1.54) is 22.7 Å². The van der Waals surface area contributed by atoms with Crippen molar-refractivity contribution in [1.29, 1.82) is 0 Å². The molecule has 0 aromatic heterocycles. The maximum absolute atomic E-state index is 13.2. The molecule has 0 amide bonds. The van der Waals surface area contributed by atoms with Crippen LogP contribution in [0.4, 0.5) is 4.39 Å². The SMILES string of the molecule is CN=C(NCC1CCN(S(C)(=O)=O)C1)N1CC(C)OC(c2ccc(F)cc2)C1.I. The summed E-state index contributed by atoms with van der Waals surface area (Å²) < 4.78 is 44.2. The van der Waals surface area contributed by atoms with E-state index in [4.69, 9.17) is 4.74 Å². The Bertz CT molecular complexity index is 806. The average Bonchev–Trinajstić information content (AvgIpc) is 3.12. The molecular formula is C19H30FIN4O3S. The van der Waals surface area contributed by atoms with Crippen molar-refractivity contribution in [3.8, 4) is 0 Å². The number of hydrogen-bond donors (Lipinski definition) is 1. The Hall–Kier alpha value is -0.980. The maximum atomic E-state index is 13.2. The van der Waals surface area contributed by atoms with Crippen molar-refractivity contribution >= 4 is 40.0 Å². The molecule has 0 radical (unpaired) electrons. The number of guanidine groups is 1. The van der Waals surface area contributed by atoms with Crippen LogP contribution in [0.2, 0.25) is 0 Å². The topological polar surface area (TPSA) is 74.2 Å². The quantitative estimate of drug-likeness (QED) is 0.360. The molecule has 2 aliphatic rings. The molecule has 2 heterocycles. The zero-order valence-electron chi connectivity index (χ0n) is 17.0. The van der Waals surface area contributed by atoms with Gasteiger partial charge in [0, 0.05) is 33.2 Å². The lowest BCUT2D eigenvalue weighted by Crippen LogP contribution is -2.51. The van der Waals surface area contributed by atoms with Crippen LogP contribution in [0.5, 0.6) is 0 Å².